The second-order valence-corrected chi connectivity index (χ2v) is 9.81. The monoisotopic (exact) mass is 753 g/mol. The number of hydrogen-bond donors (Lipinski definition) is 9. The summed E-state index contributed by atoms with van der Waals surface area (Å²) in [6.07, 6.45) is 21.7. The third-order valence-corrected chi connectivity index (χ3v) is 5.79. The molecule has 1 amide bonds. The van der Waals surface area contributed by atoms with Gasteiger partial charge in [0.05, 0.1) is 12.6 Å². The van der Waals surface area contributed by atoms with E-state index in [1.54, 1.807) is 21.1 Å². The Morgan fingerprint density at radius 2 is 1.25 bits per heavy atom. The van der Waals surface area contributed by atoms with Gasteiger partial charge in [0.2, 0.25) is 5.91 Å². The van der Waals surface area contributed by atoms with E-state index < -0.39 is 18.0 Å². The first-order valence-electron chi connectivity index (χ1n) is 18.4. The molecule has 0 saturated heterocycles. The Kier molecular flexibility index (Phi) is 94.2. The molecule has 52 heavy (non-hydrogen) atoms. The van der Waals surface area contributed by atoms with Crippen LogP contribution in [0.15, 0.2) is 0 Å². The molecule has 0 aliphatic heterocycles. The van der Waals surface area contributed by atoms with E-state index in [0.717, 1.165) is 45.4 Å². The van der Waals surface area contributed by atoms with Crippen molar-refractivity contribution in [2.75, 3.05) is 61.0 Å². The molecule has 2 atom stereocenters. The van der Waals surface area contributed by atoms with Crippen LogP contribution in [-0.2, 0) is 28.8 Å². The molecule has 15 heteroatoms. The Morgan fingerprint density at radius 3 is 1.63 bits per heavy atom. The number of amides is 1. The van der Waals surface area contributed by atoms with Gasteiger partial charge in [-0.15, -0.1) is 12.8 Å². The summed E-state index contributed by atoms with van der Waals surface area (Å²) in [6, 6.07) is -0.808. The van der Waals surface area contributed by atoms with Gasteiger partial charge in [0.25, 0.3) is 0 Å². The second-order valence-electron chi connectivity index (χ2n) is 9.81. The van der Waals surface area contributed by atoms with E-state index >= 15 is 0 Å². The van der Waals surface area contributed by atoms with Crippen molar-refractivity contribution in [1.29, 1.82) is 0 Å². The molecule has 0 aromatic heterocycles. The maximum Gasteiger partial charge on any atom is 0.320 e. The maximum absolute atomic E-state index is 11.6. The standard InChI is InChI=1S/C16H33N3O2.C6H14N2O2.C5H8O3.C3H7NO.2C2H6.C2H2.CH4O/c1-2-3-4-5-6-7-8-9-16(21)19-13-12-18-11-10-15(17)14-20;1-7-4-3-5(8-2)6(9)10;6-4-2-1-3-5(7)8;1-4-2-3-5;4*1-2/h14-15,18H,2-13,17H2,1H3,(H,19,21);5,7-8H,3-4H2,1-2H3,(H,9,10);4H,1-3H2,(H,7,8);3-4H,2H2,1H3;2*1-2H3;1-2H;2H,1H3/t15-;5-;;;;;;/m01....../s1. The molecule has 0 bridgehead atoms. The number of likely N-dealkylation sites (N-methyl/N-ethyl adjacent to an activating group) is 2. The predicted molar refractivity (Wildman–Crippen MR) is 214 cm³/mol. The third-order valence-electron chi connectivity index (χ3n) is 5.79. The lowest BCUT2D eigenvalue weighted by Gasteiger charge is -2.09. The molecule has 0 radical (unpaired) electrons. The summed E-state index contributed by atoms with van der Waals surface area (Å²) >= 11 is 0. The Balaban J connectivity index is -0.0000000868. The highest BCUT2D eigenvalue weighted by molar-refractivity contribution is 5.75. The average molecular weight is 753 g/mol. The molecule has 0 heterocycles. The zero-order valence-electron chi connectivity index (χ0n) is 34.1. The van der Waals surface area contributed by atoms with E-state index in [1.807, 2.05) is 27.7 Å². The average Bonchev–Trinajstić information content (AvgIpc) is 3.17. The number of aldehydes is 3. The lowest BCUT2D eigenvalue weighted by molar-refractivity contribution is -0.139. The van der Waals surface area contributed by atoms with E-state index in [1.165, 1.54) is 32.1 Å². The van der Waals surface area contributed by atoms with Gasteiger partial charge in [0, 0.05) is 39.5 Å². The molecule has 15 nitrogen and oxygen atoms in total. The van der Waals surface area contributed by atoms with Crippen molar-refractivity contribution < 1.29 is 44.1 Å². The van der Waals surface area contributed by atoms with Crippen LogP contribution in [0.4, 0.5) is 0 Å². The molecule has 10 N–H and O–H groups in total. The van der Waals surface area contributed by atoms with Crippen LogP contribution in [-0.4, -0.2) is 125 Å². The number of unbranched alkanes of at least 4 members (excludes halogenated alkanes) is 7. The first-order chi connectivity index (χ1) is 25.1. The maximum atomic E-state index is 11.6. The first kappa shape index (κ1) is 66.9. The quantitative estimate of drug-likeness (QED) is 0.0350. The van der Waals surface area contributed by atoms with Gasteiger partial charge in [-0.05, 0) is 59.9 Å². The molecule has 0 aromatic carbocycles. The van der Waals surface area contributed by atoms with Crippen molar-refractivity contribution in [3.63, 3.8) is 0 Å². The SMILES string of the molecule is C#C.CC.CC.CCCCCCCCCC(=O)NCCNCC[C@H](N)C=O.CNCC=O.CNCC[C@@H](NC)C(=O)O.CO.O=CCCCC(=O)O. The number of rotatable bonds is 26. The fourth-order valence-electron chi connectivity index (χ4n) is 3.18. The Bertz CT molecular complexity index is 731. The number of carboxylic acids is 2. The van der Waals surface area contributed by atoms with Crippen molar-refractivity contribution in [2.45, 2.75) is 130 Å². The lowest BCUT2D eigenvalue weighted by Crippen LogP contribution is -2.36. The molecular formula is C37H80N6O9. The van der Waals surface area contributed by atoms with Crippen molar-refractivity contribution in [3.8, 4) is 12.8 Å². The zero-order valence-corrected chi connectivity index (χ0v) is 34.1. The molecule has 0 aliphatic carbocycles. The largest absolute Gasteiger partial charge is 0.481 e. The fourth-order valence-corrected chi connectivity index (χ4v) is 3.18. The molecular weight excluding hydrogens is 672 g/mol. The van der Waals surface area contributed by atoms with Crippen LogP contribution in [0.3, 0.4) is 0 Å². The smallest absolute Gasteiger partial charge is 0.320 e. The number of carboxylic acid groups (broad SMARTS) is 2. The number of aliphatic carboxylic acids is 2. The van der Waals surface area contributed by atoms with Crippen LogP contribution in [0.25, 0.3) is 0 Å². The Morgan fingerprint density at radius 1 is 0.712 bits per heavy atom. The van der Waals surface area contributed by atoms with Crippen LogP contribution in [0.2, 0.25) is 0 Å². The normalized spacial score (nSPS) is 9.79. The number of carbonyl (C=O) groups excluding carboxylic acids is 4. The molecule has 0 spiro atoms. The van der Waals surface area contributed by atoms with Gasteiger partial charge in [-0.3, -0.25) is 14.4 Å². The molecule has 0 fully saturated rings. The Labute approximate surface area is 316 Å². The Hall–Kier alpha value is -3.26. The van der Waals surface area contributed by atoms with Gasteiger partial charge >= 0.3 is 11.9 Å². The summed E-state index contributed by atoms with van der Waals surface area (Å²) in [6.45, 7) is 13.4. The summed E-state index contributed by atoms with van der Waals surface area (Å²) in [7, 11) is 6.18. The number of nitrogens with one attached hydrogen (secondary N) is 5. The second kappa shape index (κ2) is 73.2. The van der Waals surface area contributed by atoms with E-state index in [-0.39, 0.29) is 18.4 Å². The molecule has 0 saturated carbocycles. The zero-order chi connectivity index (χ0) is 42.3. The minimum Gasteiger partial charge on any atom is -0.481 e. The number of aliphatic hydroxyl groups is 1. The molecule has 312 valence electrons. The van der Waals surface area contributed by atoms with Crippen molar-refractivity contribution in [1.82, 2.24) is 26.6 Å². The summed E-state index contributed by atoms with van der Waals surface area (Å²) in [4.78, 5) is 60.9. The predicted octanol–water partition coefficient (Wildman–Crippen LogP) is 2.77. The number of aliphatic hydroxyl groups excluding tert-OH is 1. The van der Waals surface area contributed by atoms with Crippen LogP contribution >= 0.6 is 0 Å². The van der Waals surface area contributed by atoms with Crippen molar-refractivity contribution in [3.05, 3.63) is 0 Å². The van der Waals surface area contributed by atoms with Gasteiger partial charge in [-0.25, -0.2) is 0 Å². The summed E-state index contributed by atoms with van der Waals surface area (Å²) < 4.78 is 0. The first-order valence-corrected chi connectivity index (χ1v) is 18.4. The van der Waals surface area contributed by atoms with E-state index in [2.05, 4.69) is 46.4 Å². The molecule has 0 rings (SSSR count). The minimum absolute atomic E-state index is 0.0960. The number of nitrogens with two attached hydrogens (primary N) is 1. The van der Waals surface area contributed by atoms with Gasteiger partial charge in [0.1, 0.15) is 24.9 Å². The minimum atomic E-state index is -0.841. The van der Waals surface area contributed by atoms with Crippen LogP contribution < -0.4 is 32.3 Å². The van der Waals surface area contributed by atoms with Crippen LogP contribution in [0.1, 0.15) is 118 Å². The summed E-state index contributed by atoms with van der Waals surface area (Å²) in [5.41, 5.74) is 5.46. The highest BCUT2D eigenvalue weighted by atomic mass is 16.4. The van der Waals surface area contributed by atoms with Gasteiger partial charge in [-0.1, -0.05) is 73.1 Å². The number of terminal acetylenes is 1. The van der Waals surface area contributed by atoms with Gasteiger partial charge in [-0.2, -0.15) is 0 Å². The number of carbonyl (C=O) groups is 6. The highest BCUT2D eigenvalue weighted by Gasteiger charge is 2.12. The van der Waals surface area contributed by atoms with Crippen LogP contribution in [0.5, 0.6) is 0 Å². The highest BCUT2D eigenvalue weighted by Crippen LogP contribution is 2.08. The van der Waals surface area contributed by atoms with E-state index in [4.69, 9.17) is 21.1 Å². The molecule has 0 aromatic rings. The topological polar surface area (TPSA) is 249 Å². The molecule has 0 aliphatic rings. The lowest BCUT2D eigenvalue weighted by atomic mass is 10.1. The van der Waals surface area contributed by atoms with Crippen molar-refractivity contribution >= 4 is 36.7 Å². The molecule has 0 unspecified atom stereocenters. The van der Waals surface area contributed by atoms with E-state index in [9.17, 15) is 28.8 Å². The van der Waals surface area contributed by atoms with Crippen LogP contribution in [0, 0.1) is 12.8 Å². The summed E-state index contributed by atoms with van der Waals surface area (Å²) in [5, 5.41) is 37.8. The third kappa shape index (κ3) is 85.9. The fraction of sp³-hybridized carbons (Fsp3) is 0.784. The van der Waals surface area contributed by atoms with E-state index in [0.29, 0.717) is 58.3 Å². The van der Waals surface area contributed by atoms with Crippen molar-refractivity contribution in [2.24, 2.45) is 5.73 Å². The summed E-state index contributed by atoms with van der Waals surface area (Å²) in [5.74, 6) is -1.50. The van der Waals surface area contributed by atoms with Gasteiger partial charge in [0.15, 0.2) is 0 Å². The number of hydrogen-bond acceptors (Lipinski definition) is 12. The van der Waals surface area contributed by atoms with Gasteiger partial charge < -0.3 is 62.0 Å².